The first-order valence-electron chi connectivity index (χ1n) is 8.95. The van der Waals surface area contributed by atoms with E-state index in [1.807, 2.05) is 30.3 Å². The molecule has 1 fully saturated rings. The van der Waals surface area contributed by atoms with E-state index in [0.717, 1.165) is 11.3 Å². The second-order valence-electron chi connectivity index (χ2n) is 6.16. The Bertz CT molecular complexity index is 800. The maximum atomic E-state index is 11.8. The highest BCUT2D eigenvalue weighted by molar-refractivity contribution is 5.97. The Morgan fingerprint density at radius 2 is 1.93 bits per heavy atom. The molecule has 0 aliphatic carbocycles. The lowest BCUT2D eigenvalue weighted by Gasteiger charge is -2.25. The van der Waals surface area contributed by atoms with Crippen LogP contribution in [0.2, 0.25) is 0 Å². The van der Waals surface area contributed by atoms with Crippen LogP contribution in [-0.2, 0) is 16.1 Å². The number of aromatic nitrogens is 1. The standard InChI is InChI=1S/C19H23N5O3/c1-20-19(21-10-11-24-16(25)8-5-9-17(24)26)22-12-15-13-27-18(23-15)14-6-3-2-4-7-14/h2-4,6-7,13H,5,8-12H2,1H3,(H2,20,21,22). The van der Waals surface area contributed by atoms with Crippen molar-refractivity contribution < 1.29 is 14.0 Å². The third-order valence-corrected chi connectivity index (χ3v) is 4.24. The van der Waals surface area contributed by atoms with Crippen LogP contribution >= 0.6 is 0 Å². The molecule has 2 amide bonds. The summed E-state index contributed by atoms with van der Waals surface area (Å²) in [4.78, 5) is 33.5. The van der Waals surface area contributed by atoms with Crippen LogP contribution in [0.1, 0.15) is 25.0 Å². The molecule has 8 nitrogen and oxygen atoms in total. The number of hydrogen-bond donors (Lipinski definition) is 2. The molecule has 0 saturated carbocycles. The maximum Gasteiger partial charge on any atom is 0.229 e. The van der Waals surface area contributed by atoms with Gasteiger partial charge in [-0.05, 0) is 18.6 Å². The topological polar surface area (TPSA) is 99.8 Å². The van der Waals surface area contributed by atoms with E-state index in [1.54, 1.807) is 13.3 Å². The van der Waals surface area contributed by atoms with Gasteiger partial charge in [-0.25, -0.2) is 4.98 Å². The molecule has 2 aromatic rings. The Kier molecular flexibility index (Phi) is 6.19. The summed E-state index contributed by atoms with van der Waals surface area (Å²) in [5, 5.41) is 6.24. The van der Waals surface area contributed by atoms with Gasteiger partial charge in [-0.15, -0.1) is 0 Å². The van der Waals surface area contributed by atoms with Crippen molar-refractivity contribution in [1.82, 2.24) is 20.5 Å². The zero-order valence-corrected chi connectivity index (χ0v) is 15.3. The molecule has 0 radical (unpaired) electrons. The number of imide groups is 1. The van der Waals surface area contributed by atoms with Crippen LogP contribution < -0.4 is 10.6 Å². The van der Waals surface area contributed by atoms with Gasteiger partial charge in [0, 0.05) is 38.5 Å². The monoisotopic (exact) mass is 369 g/mol. The molecule has 1 aliphatic rings. The minimum absolute atomic E-state index is 0.105. The summed E-state index contributed by atoms with van der Waals surface area (Å²) in [6, 6.07) is 9.68. The van der Waals surface area contributed by atoms with E-state index in [9.17, 15) is 9.59 Å². The van der Waals surface area contributed by atoms with Crippen LogP contribution in [0.15, 0.2) is 46.0 Å². The lowest BCUT2D eigenvalue weighted by Crippen LogP contribution is -2.46. The van der Waals surface area contributed by atoms with Crippen molar-refractivity contribution in [3.05, 3.63) is 42.3 Å². The number of carbonyl (C=O) groups is 2. The lowest BCUT2D eigenvalue weighted by atomic mass is 10.1. The average molecular weight is 369 g/mol. The number of nitrogens with one attached hydrogen (secondary N) is 2. The van der Waals surface area contributed by atoms with Crippen LogP contribution in [0.25, 0.3) is 11.5 Å². The summed E-state index contributed by atoms with van der Waals surface area (Å²) in [6.45, 7) is 1.21. The van der Waals surface area contributed by atoms with Crippen molar-refractivity contribution in [2.24, 2.45) is 4.99 Å². The third kappa shape index (κ3) is 4.93. The Morgan fingerprint density at radius 1 is 1.19 bits per heavy atom. The fraction of sp³-hybridized carbons (Fsp3) is 0.368. The number of nitrogens with zero attached hydrogens (tertiary/aromatic N) is 3. The summed E-state index contributed by atoms with van der Waals surface area (Å²) in [7, 11) is 1.66. The summed E-state index contributed by atoms with van der Waals surface area (Å²) in [5.74, 6) is 0.924. The van der Waals surface area contributed by atoms with E-state index in [4.69, 9.17) is 4.42 Å². The number of oxazole rings is 1. The van der Waals surface area contributed by atoms with Crippen LogP contribution in [-0.4, -0.2) is 47.8 Å². The molecule has 8 heteroatoms. The molecule has 1 saturated heterocycles. The van der Waals surface area contributed by atoms with Crippen molar-refractivity contribution in [1.29, 1.82) is 0 Å². The van der Waals surface area contributed by atoms with Gasteiger partial charge in [0.1, 0.15) is 6.26 Å². The molecule has 0 unspecified atom stereocenters. The van der Waals surface area contributed by atoms with Gasteiger partial charge in [0.15, 0.2) is 5.96 Å². The van der Waals surface area contributed by atoms with E-state index in [2.05, 4.69) is 20.6 Å². The normalized spacial score (nSPS) is 15.1. The fourth-order valence-electron chi connectivity index (χ4n) is 2.83. The summed E-state index contributed by atoms with van der Waals surface area (Å²) >= 11 is 0. The van der Waals surface area contributed by atoms with E-state index >= 15 is 0 Å². The second kappa shape index (κ2) is 8.98. The highest BCUT2D eigenvalue weighted by Gasteiger charge is 2.25. The maximum absolute atomic E-state index is 11.8. The van der Waals surface area contributed by atoms with E-state index < -0.39 is 0 Å². The molecule has 1 aromatic carbocycles. The largest absolute Gasteiger partial charge is 0.444 e. The summed E-state index contributed by atoms with van der Waals surface area (Å²) < 4.78 is 5.51. The van der Waals surface area contributed by atoms with Crippen LogP contribution in [0, 0.1) is 0 Å². The number of benzene rings is 1. The summed E-state index contributed by atoms with van der Waals surface area (Å²) in [5.41, 5.74) is 1.67. The first-order valence-corrected chi connectivity index (χ1v) is 8.95. The van der Waals surface area contributed by atoms with Crippen molar-refractivity contribution in [3.63, 3.8) is 0 Å². The van der Waals surface area contributed by atoms with Crippen molar-refractivity contribution in [2.45, 2.75) is 25.8 Å². The van der Waals surface area contributed by atoms with E-state index in [-0.39, 0.29) is 11.8 Å². The minimum Gasteiger partial charge on any atom is -0.444 e. The third-order valence-electron chi connectivity index (χ3n) is 4.24. The number of carbonyl (C=O) groups excluding carboxylic acids is 2. The number of amides is 2. The number of rotatable bonds is 6. The smallest absolute Gasteiger partial charge is 0.229 e. The number of piperidine rings is 1. The van der Waals surface area contributed by atoms with Gasteiger partial charge in [0.2, 0.25) is 17.7 Å². The molecule has 2 heterocycles. The molecule has 27 heavy (non-hydrogen) atoms. The van der Waals surface area contributed by atoms with Gasteiger partial charge < -0.3 is 15.1 Å². The molecular weight excluding hydrogens is 346 g/mol. The van der Waals surface area contributed by atoms with Gasteiger partial charge in [0.25, 0.3) is 0 Å². The van der Waals surface area contributed by atoms with Gasteiger partial charge in [-0.2, -0.15) is 0 Å². The Labute approximate surface area is 157 Å². The molecule has 0 spiro atoms. The highest BCUT2D eigenvalue weighted by atomic mass is 16.3. The molecule has 0 atom stereocenters. The minimum atomic E-state index is -0.105. The molecule has 3 rings (SSSR count). The zero-order chi connectivity index (χ0) is 19.1. The van der Waals surface area contributed by atoms with Crippen molar-refractivity contribution in [3.8, 4) is 11.5 Å². The lowest BCUT2D eigenvalue weighted by molar-refractivity contribution is -0.147. The quantitative estimate of drug-likeness (QED) is 0.455. The number of hydrogen-bond acceptors (Lipinski definition) is 5. The average Bonchev–Trinajstić information content (AvgIpc) is 3.16. The molecule has 2 N–H and O–H groups in total. The first kappa shape index (κ1) is 18.6. The molecule has 0 bridgehead atoms. The Morgan fingerprint density at radius 3 is 2.63 bits per heavy atom. The SMILES string of the molecule is CN=C(NCCN1C(=O)CCCC1=O)NCc1coc(-c2ccccc2)n1. The first-order chi connectivity index (χ1) is 13.2. The fourth-order valence-corrected chi connectivity index (χ4v) is 2.83. The van der Waals surface area contributed by atoms with Crippen LogP contribution in [0.5, 0.6) is 0 Å². The predicted molar refractivity (Wildman–Crippen MR) is 101 cm³/mol. The van der Waals surface area contributed by atoms with Crippen LogP contribution in [0.4, 0.5) is 0 Å². The van der Waals surface area contributed by atoms with Gasteiger partial charge in [-0.3, -0.25) is 19.5 Å². The number of likely N-dealkylation sites (tertiary alicyclic amines) is 1. The van der Waals surface area contributed by atoms with Gasteiger partial charge >= 0.3 is 0 Å². The molecule has 1 aliphatic heterocycles. The number of aliphatic imine (C=N–C) groups is 1. The summed E-state index contributed by atoms with van der Waals surface area (Å²) in [6.07, 6.45) is 3.13. The molecule has 1 aromatic heterocycles. The highest BCUT2D eigenvalue weighted by Crippen LogP contribution is 2.17. The zero-order valence-electron chi connectivity index (χ0n) is 15.3. The van der Waals surface area contributed by atoms with Gasteiger partial charge in [0.05, 0.1) is 12.2 Å². The Hall–Kier alpha value is -3.16. The van der Waals surface area contributed by atoms with E-state index in [1.165, 1.54) is 4.90 Å². The van der Waals surface area contributed by atoms with Crippen molar-refractivity contribution >= 4 is 17.8 Å². The van der Waals surface area contributed by atoms with Gasteiger partial charge in [-0.1, -0.05) is 18.2 Å². The number of guanidine groups is 1. The van der Waals surface area contributed by atoms with Crippen molar-refractivity contribution in [2.75, 3.05) is 20.1 Å². The second-order valence-corrected chi connectivity index (χ2v) is 6.16. The van der Waals surface area contributed by atoms with E-state index in [0.29, 0.717) is 50.7 Å². The Balaban J connectivity index is 1.46. The molecule has 142 valence electrons. The van der Waals surface area contributed by atoms with Crippen LogP contribution in [0.3, 0.4) is 0 Å². The predicted octanol–water partition coefficient (Wildman–Crippen LogP) is 1.55. The molecular formula is C19H23N5O3.